The molecule has 0 fully saturated rings. The Bertz CT molecular complexity index is 585. The molecule has 0 bridgehead atoms. The Morgan fingerprint density at radius 3 is 2.62 bits per heavy atom. The van der Waals surface area contributed by atoms with Crippen molar-refractivity contribution in [1.82, 2.24) is 10.3 Å². The van der Waals surface area contributed by atoms with E-state index in [4.69, 9.17) is 4.74 Å². The Kier molecular flexibility index (Phi) is 5.46. The molecular formula is C16H16N2O3. The fourth-order valence-corrected chi connectivity index (χ4v) is 1.74. The molecule has 1 N–H and O–H groups in total. The van der Waals surface area contributed by atoms with Crippen molar-refractivity contribution in [3.63, 3.8) is 0 Å². The minimum Gasteiger partial charge on any atom is -0.460 e. The molecule has 0 unspecified atom stereocenters. The zero-order valence-corrected chi connectivity index (χ0v) is 11.5. The summed E-state index contributed by atoms with van der Waals surface area (Å²) in [6.45, 7) is 0.423. The molecule has 2 rings (SSSR count). The van der Waals surface area contributed by atoms with Gasteiger partial charge in [0, 0.05) is 12.4 Å². The average Bonchev–Trinajstić information content (AvgIpc) is 2.53. The van der Waals surface area contributed by atoms with Gasteiger partial charge in [-0.3, -0.25) is 9.78 Å². The summed E-state index contributed by atoms with van der Waals surface area (Å²) in [5.41, 5.74) is 1.34. The van der Waals surface area contributed by atoms with Crippen LogP contribution in [-0.4, -0.2) is 30.0 Å². The van der Waals surface area contributed by atoms with Crippen LogP contribution >= 0.6 is 0 Å². The standard InChI is InChI=1S/C16H16N2O3/c19-15(11-13-5-2-1-3-6-13)18-9-10-21-16(20)14-7-4-8-17-12-14/h1-8,12H,9-11H2,(H,18,19). The minimum absolute atomic E-state index is 0.0985. The second-order valence-electron chi connectivity index (χ2n) is 4.39. The number of amides is 1. The predicted molar refractivity (Wildman–Crippen MR) is 77.7 cm³/mol. The molecule has 5 heteroatoms. The molecule has 1 aromatic heterocycles. The van der Waals surface area contributed by atoms with Crippen LogP contribution in [0.3, 0.4) is 0 Å². The van der Waals surface area contributed by atoms with E-state index in [9.17, 15) is 9.59 Å². The van der Waals surface area contributed by atoms with Crippen molar-refractivity contribution in [2.24, 2.45) is 0 Å². The number of carbonyl (C=O) groups excluding carboxylic acids is 2. The van der Waals surface area contributed by atoms with Crippen LogP contribution in [0.25, 0.3) is 0 Å². The monoisotopic (exact) mass is 284 g/mol. The summed E-state index contributed by atoms with van der Waals surface area (Å²) < 4.78 is 5.04. The van der Waals surface area contributed by atoms with Crippen LogP contribution in [0.2, 0.25) is 0 Å². The second kappa shape index (κ2) is 7.79. The molecule has 0 aliphatic heterocycles. The third kappa shape index (κ3) is 5.06. The number of nitrogens with zero attached hydrogens (tertiary/aromatic N) is 1. The van der Waals surface area contributed by atoms with Gasteiger partial charge in [-0.15, -0.1) is 0 Å². The maximum Gasteiger partial charge on any atom is 0.339 e. The predicted octanol–water partition coefficient (Wildman–Crippen LogP) is 1.60. The third-order valence-corrected chi connectivity index (χ3v) is 2.76. The lowest BCUT2D eigenvalue weighted by atomic mass is 10.1. The first-order valence-electron chi connectivity index (χ1n) is 6.63. The highest BCUT2D eigenvalue weighted by molar-refractivity contribution is 5.88. The molecule has 1 heterocycles. The van der Waals surface area contributed by atoms with Gasteiger partial charge in [-0.05, 0) is 17.7 Å². The van der Waals surface area contributed by atoms with Gasteiger partial charge in [-0.2, -0.15) is 0 Å². The summed E-state index contributed by atoms with van der Waals surface area (Å²) in [7, 11) is 0. The van der Waals surface area contributed by atoms with E-state index in [0.29, 0.717) is 12.0 Å². The van der Waals surface area contributed by atoms with E-state index in [-0.39, 0.29) is 19.1 Å². The number of nitrogens with one attached hydrogen (secondary N) is 1. The number of hydrogen-bond donors (Lipinski definition) is 1. The molecule has 0 aliphatic carbocycles. The average molecular weight is 284 g/mol. The van der Waals surface area contributed by atoms with E-state index in [2.05, 4.69) is 10.3 Å². The fraction of sp³-hybridized carbons (Fsp3) is 0.188. The Hall–Kier alpha value is -2.69. The van der Waals surface area contributed by atoms with E-state index >= 15 is 0 Å². The number of aromatic nitrogens is 1. The number of pyridine rings is 1. The van der Waals surface area contributed by atoms with Gasteiger partial charge in [0.05, 0.1) is 18.5 Å². The Labute approximate surface area is 123 Å². The quantitative estimate of drug-likeness (QED) is 0.646. The van der Waals surface area contributed by atoms with Gasteiger partial charge in [-0.1, -0.05) is 30.3 Å². The summed E-state index contributed by atoms with van der Waals surface area (Å²) in [5, 5.41) is 2.71. The topological polar surface area (TPSA) is 68.3 Å². The molecule has 0 spiro atoms. The molecule has 0 atom stereocenters. The molecule has 0 aliphatic rings. The number of rotatable bonds is 6. The summed E-state index contributed by atoms with van der Waals surface area (Å²) in [5.74, 6) is -0.543. The fourth-order valence-electron chi connectivity index (χ4n) is 1.74. The van der Waals surface area contributed by atoms with Crippen molar-refractivity contribution >= 4 is 11.9 Å². The first kappa shape index (κ1) is 14.7. The summed E-state index contributed by atoms with van der Waals surface area (Å²) in [6.07, 6.45) is 3.34. The van der Waals surface area contributed by atoms with Crippen molar-refractivity contribution in [3.8, 4) is 0 Å². The van der Waals surface area contributed by atoms with Crippen molar-refractivity contribution in [1.29, 1.82) is 0 Å². The van der Waals surface area contributed by atoms with Gasteiger partial charge in [0.15, 0.2) is 0 Å². The normalized spacial score (nSPS) is 9.90. The molecule has 0 saturated heterocycles. The van der Waals surface area contributed by atoms with Crippen LogP contribution in [0.5, 0.6) is 0 Å². The second-order valence-corrected chi connectivity index (χ2v) is 4.39. The lowest BCUT2D eigenvalue weighted by Gasteiger charge is -2.06. The number of carbonyl (C=O) groups is 2. The van der Waals surface area contributed by atoms with Gasteiger partial charge in [0.25, 0.3) is 0 Å². The molecule has 2 aromatic rings. The molecule has 1 aromatic carbocycles. The zero-order chi connectivity index (χ0) is 14.9. The van der Waals surface area contributed by atoms with Crippen molar-refractivity contribution < 1.29 is 14.3 Å². The lowest BCUT2D eigenvalue weighted by Crippen LogP contribution is -2.29. The van der Waals surface area contributed by atoms with Crippen LogP contribution in [0.15, 0.2) is 54.9 Å². The first-order chi connectivity index (χ1) is 10.3. The first-order valence-corrected chi connectivity index (χ1v) is 6.63. The molecule has 5 nitrogen and oxygen atoms in total. The van der Waals surface area contributed by atoms with Gasteiger partial charge in [0.2, 0.25) is 5.91 Å². The maximum atomic E-state index is 11.7. The van der Waals surface area contributed by atoms with Gasteiger partial charge in [-0.25, -0.2) is 4.79 Å². The maximum absolute atomic E-state index is 11.7. The van der Waals surface area contributed by atoms with E-state index in [1.165, 1.54) is 6.20 Å². The van der Waals surface area contributed by atoms with Crippen LogP contribution < -0.4 is 5.32 Å². The number of ether oxygens (including phenoxy) is 1. The molecule has 0 saturated carbocycles. The van der Waals surface area contributed by atoms with Crippen LogP contribution in [0, 0.1) is 0 Å². The number of benzene rings is 1. The van der Waals surface area contributed by atoms with E-state index in [0.717, 1.165) is 5.56 Å². The van der Waals surface area contributed by atoms with Gasteiger partial charge < -0.3 is 10.1 Å². The highest BCUT2D eigenvalue weighted by atomic mass is 16.5. The molecular weight excluding hydrogens is 268 g/mol. The lowest BCUT2D eigenvalue weighted by molar-refractivity contribution is -0.120. The van der Waals surface area contributed by atoms with Gasteiger partial charge in [0.1, 0.15) is 6.61 Å². The highest BCUT2D eigenvalue weighted by Gasteiger charge is 2.07. The number of esters is 1. The molecule has 21 heavy (non-hydrogen) atoms. The van der Waals surface area contributed by atoms with Crippen LogP contribution in [0.4, 0.5) is 0 Å². The Balaban J connectivity index is 1.66. The largest absolute Gasteiger partial charge is 0.460 e. The Morgan fingerprint density at radius 2 is 1.90 bits per heavy atom. The SMILES string of the molecule is O=C(Cc1ccccc1)NCCOC(=O)c1cccnc1. The van der Waals surface area contributed by atoms with E-state index in [1.54, 1.807) is 18.3 Å². The number of hydrogen-bond acceptors (Lipinski definition) is 4. The molecule has 0 radical (unpaired) electrons. The third-order valence-electron chi connectivity index (χ3n) is 2.76. The summed E-state index contributed by atoms with van der Waals surface area (Å²) in [4.78, 5) is 27.1. The van der Waals surface area contributed by atoms with E-state index in [1.807, 2.05) is 30.3 Å². The van der Waals surface area contributed by atoms with Gasteiger partial charge >= 0.3 is 5.97 Å². The zero-order valence-electron chi connectivity index (χ0n) is 11.5. The highest BCUT2D eigenvalue weighted by Crippen LogP contribution is 2.00. The van der Waals surface area contributed by atoms with E-state index < -0.39 is 5.97 Å². The van der Waals surface area contributed by atoms with Crippen molar-refractivity contribution in [2.75, 3.05) is 13.2 Å². The Morgan fingerprint density at radius 1 is 1.10 bits per heavy atom. The summed E-state index contributed by atoms with van der Waals surface area (Å²) in [6, 6.07) is 12.8. The van der Waals surface area contributed by atoms with Crippen LogP contribution in [-0.2, 0) is 16.0 Å². The summed E-state index contributed by atoms with van der Waals surface area (Å²) >= 11 is 0. The molecule has 108 valence electrons. The molecule has 1 amide bonds. The minimum atomic E-state index is -0.444. The smallest absolute Gasteiger partial charge is 0.339 e. The van der Waals surface area contributed by atoms with Crippen molar-refractivity contribution in [2.45, 2.75) is 6.42 Å². The van der Waals surface area contributed by atoms with Crippen LogP contribution in [0.1, 0.15) is 15.9 Å². The van der Waals surface area contributed by atoms with Crippen molar-refractivity contribution in [3.05, 3.63) is 66.0 Å².